The van der Waals surface area contributed by atoms with Crippen molar-refractivity contribution in [3.63, 3.8) is 0 Å². The Bertz CT molecular complexity index is 515. The van der Waals surface area contributed by atoms with Gasteiger partial charge in [-0.2, -0.15) is 0 Å². The van der Waals surface area contributed by atoms with E-state index >= 15 is 0 Å². The van der Waals surface area contributed by atoms with Crippen LogP contribution in [0.2, 0.25) is 8.67 Å². The number of rotatable bonds is 3. The minimum absolute atomic E-state index is 0.126. The first-order valence-electron chi connectivity index (χ1n) is 6.11. The average Bonchev–Trinajstić information content (AvgIpc) is 2.78. The number of carbonyl (C=O) groups is 2. The highest BCUT2D eigenvalue weighted by Crippen LogP contribution is 2.31. The molecule has 0 aromatic carbocycles. The van der Waals surface area contributed by atoms with E-state index in [0.717, 1.165) is 11.3 Å². The van der Waals surface area contributed by atoms with Crippen molar-refractivity contribution in [2.75, 3.05) is 26.3 Å². The second-order valence-corrected chi connectivity index (χ2v) is 6.66. The SMILES string of the molecule is CC(NC(=O)c1cc(Cl)sc1Cl)C(=O)N1CCOCC1. The largest absolute Gasteiger partial charge is 0.378 e. The Morgan fingerprint density at radius 3 is 2.60 bits per heavy atom. The van der Waals surface area contributed by atoms with E-state index in [9.17, 15) is 9.59 Å². The molecular weight excluding hydrogens is 323 g/mol. The molecule has 5 nitrogen and oxygen atoms in total. The van der Waals surface area contributed by atoms with Crippen molar-refractivity contribution in [1.82, 2.24) is 10.2 Å². The van der Waals surface area contributed by atoms with Gasteiger partial charge in [0.05, 0.1) is 23.1 Å². The van der Waals surface area contributed by atoms with E-state index < -0.39 is 11.9 Å². The summed E-state index contributed by atoms with van der Waals surface area (Å²) in [4.78, 5) is 25.9. The van der Waals surface area contributed by atoms with Crippen molar-refractivity contribution in [2.24, 2.45) is 0 Å². The van der Waals surface area contributed by atoms with Crippen molar-refractivity contribution >= 4 is 46.4 Å². The number of amides is 2. The molecule has 1 aromatic rings. The summed E-state index contributed by atoms with van der Waals surface area (Å²) in [7, 11) is 0. The fraction of sp³-hybridized carbons (Fsp3) is 0.500. The van der Waals surface area contributed by atoms with Crippen LogP contribution in [0.4, 0.5) is 0 Å². The van der Waals surface area contributed by atoms with Crippen LogP contribution in [0.5, 0.6) is 0 Å². The first-order chi connectivity index (χ1) is 9.49. The molecular formula is C12H14Cl2N2O3S. The third kappa shape index (κ3) is 3.63. The van der Waals surface area contributed by atoms with Gasteiger partial charge >= 0.3 is 0 Å². The lowest BCUT2D eigenvalue weighted by molar-refractivity contribution is -0.136. The Balaban J connectivity index is 1.96. The summed E-state index contributed by atoms with van der Waals surface area (Å²) in [5, 5.41) is 2.64. The van der Waals surface area contributed by atoms with Gasteiger partial charge in [-0.3, -0.25) is 9.59 Å². The van der Waals surface area contributed by atoms with Gasteiger partial charge in [-0.05, 0) is 13.0 Å². The predicted octanol–water partition coefficient (Wildman–Crippen LogP) is 2.03. The minimum Gasteiger partial charge on any atom is -0.378 e. The Morgan fingerprint density at radius 2 is 2.05 bits per heavy atom. The van der Waals surface area contributed by atoms with Crippen LogP contribution in [0.15, 0.2) is 6.07 Å². The first-order valence-corrected chi connectivity index (χ1v) is 7.68. The van der Waals surface area contributed by atoms with E-state index in [0.29, 0.717) is 40.5 Å². The van der Waals surface area contributed by atoms with Gasteiger partial charge in [0.2, 0.25) is 5.91 Å². The van der Waals surface area contributed by atoms with Gasteiger partial charge in [-0.25, -0.2) is 0 Å². The fourth-order valence-corrected chi connectivity index (χ4v) is 3.35. The van der Waals surface area contributed by atoms with Gasteiger partial charge in [0.15, 0.2) is 0 Å². The molecule has 0 saturated carbocycles. The third-order valence-corrected chi connectivity index (χ3v) is 4.43. The number of nitrogens with one attached hydrogen (secondary N) is 1. The highest BCUT2D eigenvalue weighted by Gasteiger charge is 2.25. The summed E-state index contributed by atoms with van der Waals surface area (Å²) >= 11 is 12.8. The normalized spacial score (nSPS) is 16.9. The van der Waals surface area contributed by atoms with Crippen LogP contribution in [-0.2, 0) is 9.53 Å². The summed E-state index contributed by atoms with van der Waals surface area (Å²) in [6.45, 7) is 3.79. The monoisotopic (exact) mass is 336 g/mol. The molecule has 0 bridgehead atoms. The number of hydrogen-bond donors (Lipinski definition) is 1. The van der Waals surface area contributed by atoms with Crippen molar-refractivity contribution in [3.8, 4) is 0 Å². The maximum Gasteiger partial charge on any atom is 0.254 e. The molecule has 1 fully saturated rings. The van der Waals surface area contributed by atoms with Crippen LogP contribution in [0.1, 0.15) is 17.3 Å². The summed E-state index contributed by atoms with van der Waals surface area (Å²) in [6, 6.07) is 0.880. The van der Waals surface area contributed by atoms with Crippen LogP contribution in [0.25, 0.3) is 0 Å². The van der Waals surface area contributed by atoms with Gasteiger partial charge < -0.3 is 15.0 Å². The second kappa shape index (κ2) is 6.76. The summed E-state index contributed by atoms with van der Waals surface area (Å²) in [6.07, 6.45) is 0. The number of ether oxygens (including phenoxy) is 1. The first kappa shape index (κ1) is 15.6. The Morgan fingerprint density at radius 1 is 1.40 bits per heavy atom. The second-order valence-electron chi connectivity index (χ2n) is 4.37. The molecule has 0 aliphatic carbocycles. The third-order valence-electron chi connectivity index (χ3n) is 2.94. The molecule has 1 saturated heterocycles. The molecule has 1 unspecified atom stereocenters. The van der Waals surface area contributed by atoms with Crippen molar-refractivity contribution in [2.45, 2.75) is 13.0 Å². The van der Waals surface area contributed by atoms with Crippen molar-refractivity contribution in [3.05, 3.63) is 20.3 Å². The molecule has 1 aliphatic heterocycles. The summed E-state index contributed by atoms with van der Waals surface area (Å²) in [5.74, 6) is -0.522. The van der Waals surface area contributed by atoms with E-state index in [1.165, 1.54) is 6.07 Å². The molecule has 110 valence electrons. The quantitative estimate of drug-likeness (QED) is 0.918. The maximum absolute atomic E-state index is 12.2. The predicted molar refractivity (Wildman–Crippen MR) is 78.7 cm³/mol. The zero-order valence-corrected chi connectivity index (χ0v) is 13.1. The highest BCUT2D eigenvalue weighted by molar-refractivity contribution is 7.20. The van der Waals surface area contributed by atoms with Crippen LogP contribution in [0, 0.1) is 0 Å². The lowest BCUT2D eigenvalue weighted by atomic mass is 10.2. The van der Waals surface area contributed by atoms with Gasteiger partial charge in [0.1, 0.15) is 10.4 Å². The molecule has 2 rings (SSSR count). The molecule has 20 heavy (non-hydrogen) atoms. The van der Waals surface area contributed by atoms with E-state index in [-0.39, 0.29) is 5.91 Å². The highest BCUT2D eigenvalue weighted by atomic mass is 35.5. The van der Waals surface area contributed by atoms with Crippen LogP contribution in [0.3, 0.4) is 0 Å². The van der Waals surface area contributed by atoms with E-state index in [1.54, 1.807) is 11.8 Å². The number of nitrogens with zero attached hydrogens (tertiary/aromatic N) is 1. The molecule has 2 heterocycles. The Hall–Kier alpha value is -0.820. The molecule has 2 amide bonds. The molecule has 0 radical (unpaired) electrons. The Kier molecular flexibility index (Phi) is 5.26. The number of carbonyl (C=O) groups excluding carboxylic acids is 2. The fourth-order valence-electron chi connectivity index (χ4n) is 1.89. The zero-order chi connectivity index (χ0) is 14.7. The van der Waals surface area contributed by atoms with Crippen LogP contribution >= 0.6 is 34.5 Å². The van der Waals surface area contributed by atoms with Gasteiger partial charge in [0.25, 0.3) is 5.91 Å². The smallest absolute Gasteiger partial charge is 0.254 e. The molecule has 1 N–H and O–H groups in total. The van der Waals surface area contributed by atoms with Crippen molar-refractivity contribution < 1.29 is 14.3 Å². The van der Waals surface area contributed by atoms with E-state index in [2.05, 4.69) is 5.32 Å². The topological polar surface area (TPSA) is 58.6 Å². The lowest BCUT2D eigenvalue weighted by Crippen LogP contribution is -2.50. The zero-order valence-electron chi connectivity index (χ0n) is 10.8. The number of thiophene rings is 1. The van der Waals surface area contributed by atoms with E-state index in [4.69, 9.17) is 27.9 Å². The molecule has 1 aromatic heterocycles. The average molecular weight is 337 g/mol. The number of halogens is 2. The minimum atomic E-state index is -0.615. The standard InChI is InChI=1S/C12H14Cl2N2O3S/c1-7(12(18)16-2-4-19-5-3-16)15-11(17)8-6-9(13)20-10(8)14/h6-7H,2-5H2,1H3,(H,15,17). The summed E-state index contributed by atoms with van der Waals surface area (Å²) in [5.41, 5.74) is 0.295. The maximum atomic E-state index is 12.2. The number of hydrogen-bond acceptors (Lipinski definition) is 4. The Labute approximate surface area is 130 Å². The van der Waals surface area contributed by atoms with Crippen LogP contribution in [-0.4, -0.2) is 49.1 Å². The number of morpholine rings is 1. The van der Waals surface area contributed by atoms with Crippen LogP contribution < -0.4 is 5.32 Å². The van der Waals surface area contributed by atoms with Gasteiger partial charge in [-0.15, -0.1) is 11.3 Å². The van der Waals surface area contributed by atoms with Gasteiger partial charge in [0, 0.05) is 13.1 Å². The van der Waals surface area contributed by atoms with E-state index in [1.807, 2.05) is 0 Å². The molecule has 1 aliphatic rings. The molecule has 8 heteroatoms. The van der Waals surface area contributed by atoms with Crippen molar-refractivity contribution in [1.29, 1.82) is 0 Å². The molecule has 1 atom stereocenters. The lowest BCUT2D eigenvalue weighted by Gasteiger charge is -2.29. The molecule has 0 spiro atoms. The summed E-state index contributed by atoms with van der Waals surface area (Å²) < 4.78 is 5.94. The van der Waals surface area contributed by atoms with Gasteiger partial charge in [-0.1, -0.05) is 23.2 Å².